The summed E-state index contributed by atoms with van der Waals surface area (Å²) in [6.07, 6.45) is -4.48. The molecule has 0 bridgehead atoms. The largest absolute Gasteiger partial charge is 0.416 e. The first kappa shape index (κ1) is 22.8. The number of nitrogens with zero attached hydrogens (tertiary/aromatic N) is 1. The SMILES string of the molecule is O=C(ONC(=Nc1ccccc1)c1ccc(-c2ccccc2)cc1)c1ccc(C(F)(F)F)cc1. The van der Waals surface area contributed by atoms with Gasteiger partial charge < -0.3 is 4.84 Å². The van der Waals surface area contributed by atoms with Crippen LogP contribution in [0.1, 0.15) is 21.5 Å². The molecule has 4 rings (SSSR count). The zero-order valence-corrected chi connectivity index (χ0v) is 17.8. The molecule has 0 atom stereocenters. The van der Waals surface area contributed by atoms with Crippen molar-refractivity contribution in [2.75, 3.05) is 0 Å². The maximum absolute atomic E-state index is 12.8. The molecule has 0 fully saturated rings. The van der Waals surface area contributed by atoms with Crippen LogP contribution in [-0.2, 0) is 11.0 Å². The van der Waals surface area contributed by atoms with E-state index in [0.29, 0.717) is 11.3 Å². The molecular formula is C27H19F3N2O2. The van der Waals surface area contributed by atoms with Gasteiger partial charge in [0.2, 0.25) is 0 Å². The standard InChI is InChI=1S/C27H19F3N2O2/c28-27(29,30)23-17-15-22(16-18-23)26(33)34-32-25(31-24-9-5-2-6-10-24)21-13-11-20(12-14-21)19-7-3-1-4-8-19/h1-18H,(H,31,32). The Bertz CT molecular complexity index is 1270. The van der Waals surface area contributed by atoms with Crippen LogP contribution in [0.25, 0.3) is 11.1 Å². The molecule has 0 aliphatic carbocycles. The molecule has 0 aliphatic heterocycles. The molecule has 4 nitrogen and oxygen atoms in total. The van der Waals surface area contributed by atoms with Crippen LogP contribution in [0.2, 0.25) is 0 Å². The molecule has 0 saturated carbocycles. The van der Waals surface area contributed by atoms with Crippen molar-refractivity contribution in [1.82, 2.24) is 5.48 Å². The summed E-state index contributed by atoms with van der Waals surface area (Å²) in [6, 6.07) is 30.2. The molecule has 1 N–H and O–H groups in total. The maximum Gasteiger partial charge on any atom is 0.416 e. The summed E-state index contributed by atoms with van der Waals surface area (Å²) < 4.78 is 38.3. The lowest BCUT2D eigenvalue weighted by atomic mass is 10.0. The van der Waals surface area contributed by atoms with E-state index in [0.717, 1.165) is 35.4 Å². The third-order valence-corrected chi connectivity index (χ3v) is 4.95. The second-order valence-corrected chi connectivity index (χ2v) is 7.31. The highest BCUT2D eigenvalue weighted by atomic mass is 19.4. The number of alkyl halides is 3. The highest BCUT2D eigenvalue weighted by Crippen LogP contribution is 2.29. The first-order valence-corrected chi connectivity index (χ1v) is 10.3. The van der Waals surface area contributed by atoms with Crippen molar-refractivity contribution >= 4 is 17.5 Å². The van der Waals surface area contributed by atoms with E-state index in [4.69, 9.17) is 4.84 Å². The predicted molar refractivity (Wildman–Crippen MR) is 125 cm³/mol. The fourth-order valence-electron chi connectivity index (χ4n) is 3.18. The Morgan fingerprint density at radius 3 is 1.79 bits per heavy atom. The quantitative estimate of drug-likeness (QED) is 0.207. The van der Waals surface area contributed by atoms with Gasteiger partial charge in [0.25, 0.3) is 0 Å². The number of benzene rings is 4. The van der Waals surface area contributed by atoms with Gasteiger partial charge in [-0.15, -0.1) is 0 Å². The Hall–Kier alpha value is -4.39. The van der Waals surface area contributed by atoms with E-state index in [1.165, 1.54) is 0 Å². The van der Waals surface area contributed by atoms with Crippen molar-refractivity contribution in [3.63, 3.8) is 0 Å². The highest BCUT2D eigenvalue weighted by Gasteiger charge is 2.30. The Balaban J connectivity index is 1.55. The van der Waals surface area contributed by atoms with Gasteiger partial charge in [-0.05, 0) is 47.5 Å². The number of carbonyl (C=O) groups is 1. The molecular weight excluding hydrogens is 441 g/mol. The zero-order chi connectivity index (χ0) is 24.0. The van der Waals surface area contributed by atoms with Crippen molar-refractivity contribution in [2.45, 2.75) is 6.18 Å². The van der Waals surface area contributed by atoms with Crippen LogP contribution < -0.4 is 5.48 Å². The van der Waals surface area contributed by atoms with E-state index < -0.39 is 17.7 Å². The number of amidine groups is 1. The monoisotopic (exact) mass is 460 g/mol. The third kappa shape index (κ3) is 5.69. The smallest absolute Gasteiger partial charge is 0.336 e. The number of hydrogen-bond acceptors (Lipinski definition) is 3. The van der Waals surface area contributed by atoms with Gasteiger partial charge in [0, 0.05) is 5.56 Å². The highest BCUT2D eigenvalue weighted by molar-refractivity contribution is 6.01. The molecule has 34 heavy (non-hydrogen) atoms. The van der Waals surface area contributed by atoms with Gasteiger partial charge in [-0.1, -0.05) is 72.8 Å². The lowest BCUT2D eigenvalue weighted by Gasteiger charge is -2.12. The van der Waals surface area contributed by atoms with Gasteiger partial charge in [0.1, 0.15) is 0 Å². The summed E-state index contributed by atoms with van der Waals surface area (Å²) in [5.41, 5.74) is 5.03. The van der Waals surface area contributed by atoms with Gasteiger partial charge in [-0.25, -0.2) is 9.79 Å². The minimum Gasteiger partial charge on any atom is -0.336 e. The Labute approximate surface area is 194 Å². The van der Waals surface area contributed by atoms with Crippen LogP contribution >= 0.6 is 0 Å². The van der Waals surface area contributed by atoms with Crippen LogP contribution in [0.4, 0.5) is 18.9 Å². The molecule has 0 spiro atoms. The van der Waals surface area contributed by atoms with E-state index in [1.807, 2.05) is 72.8 Å². The molecule has 4 aromatic carbocycles. The van der Waals surface area contributed by atoms with E-state index in [2.05, 4.69) is 10.5 Å². The number of hydroxylamine groups is 1. The summed E-state index contributed by atoms with van der Waals surface area (Å²) >= 11 is 0. The summed E-state index contributed by atoms with van der Waals surface area (Å²) in [6.45, 7) is 0. The maximum atomic E-state index is 12.8. The van der Waals surface area contributed by atoms with Crippen molar-refractivity contribution in [3.8, 4) is 11.1 Å². The molecule has 0 radical (unpaired) electrons. The number of hydrogen-bond donors (Lipinski definition) is 1. The first-order chi connectivity index (χ1) is 16.4. The van der Waals surface area contributed by atoms with Crippen LogP contribution in [0.5, 0.6) is 0 Å². The lowest BCUT2D eigenvalue weighted by molar-refractivity contribution is -0.137. The second-order valence-electron chi connectivity index (χ2n) is 7.31. The minimum absolute atomic E-state index is 0.0287. The number of aliphatic imine (C=N–C) groups is 1. The van der Waals surface area contributed by atoms with Crippen LogP contribution in [0.15, 0.2) is 114 Å². The van der Waals surface area contributed by atoms with Crippen molar-refractivity contribution < 1.29 is 22.8 Å². The Morgan fingerprint density at radius 2 is 1.21 bits per heavy atom. The summed E-state index contributed by atoms with van der Waals surface area (Å²) in [5, 5.41) is 0. The predicted octanol–water partition coefficient (Wildman–Crippen LogP) is 6.81. The van der Waals surface area contributed by atoms with Crippen LogP contribution in [0, 0.1) is 0 Å². The average Bonchev–Trinajstić information content (AvgIpc) is 2.87. The van der Waals surface area contributed by atoms with Crippen molar-refractivity contribution in [2.24, 2.45) is 4.99 Å². The Morgan fingerprint density at radius 1 is 0.676 bits per heavy atom. The van der Waals surface area contributed by atoms with Crippen molar-refractivity contribution in [1.29, 1.82) is 0 Å². The van der Waals surface area contributed by atoms with Crippen LogP contribution in [-0.4, -0.2) is 11.8 Å². The average molecular weight is 460 g/mol. The molecule has 0 heterocycles. The summed E-state index contributed by atoms with van der Waals surface area (Å²) in [7, 11) is 0. The fraction of sp³-hybridized carbons (Fsp3) is 0.0370. The van der Waals surface area contributed by atoms with Gasteiger partial charge >= 0.3 is 12.1 Å². The van der Waals surface area contributed by atoms with Crippen molar-refractivity contribution in [3.05, 3.63) is 126 Å². The summed E-state index contributed by atoms with van der Waals surface area (Å²) in [5.74, 6) is -0.568. The number of rotatable bonds is 4. The van der Waals surface area contributed by atoms with Gasteiger partial charge in [-0.3, -0.25) is 0 Å². The number of nitrogens with one attached hydrogen (secondary N) is 1. The number of para-hydroxylation sites is 1. The molecule has 0 aromatic heterocycles. The first-order valence-electron chi connectivity index (χ1n) is 10.3. The van der Waals surface area contributed by atoms with Gasteiger partial charge in [0.15, 0.2) is 5.84 Å². The minimum atomic E-state index is -4.48. The lowest BCUT2D eigenvalue weighted by Crippen LogP contribution is -2.28. The van der Waals surface area contributed by atoms with E-state index in [-0.39, 0.29) is 11.4 Å². The van der Waals surface area contributed by atoms with Gasteiger partial charge in [0.05, 0.1) is 16.8 Å². The van der Waals surface area contributed by atoms with E-state index >= 15 is 0 Å². The second kappa shape index (κ2) is 10.0. The Kier molecular flexibility index (Phi) is 6.73. The molecule has 4 aromatic rings. The molecule has 0 amide bonds. The van der Waals surface area contributed by atoms with Gasteiger partial charge in [-0.2, -0.15) is 18.7 Å². The molecule has 170 valence electrons. The molecule has 0 unspecified atom stereocenters. The van der Waals surface area contributed by atoms with E-state index in [1.54, 1.807) is 12.1 Å². The number of carbonyl (C=O) groups excluding carboxylic acids is 1. The van der Waals surface area contributed by atoms with Crippen LogP contribution in [0.3, 0.4) is 0 Å². The summed E-state index contributed by atoms with van der Waals surface area (Å²) in [4.78, 5) is 22.1. The molecule has 0 saturated heterocycles. The normalized spacial score (nSPS) is 11.7. The zero-order valence-electron chi connectivity index (χ0n) is 17.8. The molecule has 7 heteroatoms. The third-order valence-electron chi connectivity index (χ3n) is 4.95. The topological polar surface area (TPSA) is 50.7 Å². The fourth-order valence-corrected chi connectivity index (χ4v) is 3.18. The molecule has 0 aliphatic rings. The number of halogens is 3. The van der Waals surface area contributed by atoms with E-state index in [9.17, 15) is 18.0 Å².